The van der Waals surface area contributed by atoms with E-state index in [4.69, 9.17) is 9.47 Å². The van der Waals surface area contributed by atoms with Crippen molar-refractivity contribution in [1.82, 2.24) is 24.5 Å². The molecule has 0 saturated carbocycles. The van der Waals surface area contributed by atoms with Crippen LogP contribution in [0.1, 0.15) is 11.1 Å². The van der Waals surface area contributed by atoms with Gasteiger partial charge in [-0.2, -0.15) is 0 Å². The molecule has 0 N–H and O–H groups in total. The Hall–Kier alpha value is -6.34. The summed E-state index contributed by atoms with van der Waals surface area (Å²) in [5, 5.41) is 2.11. The van der Waals surface area contributed by atoms with Gasteiger partial charge in [0.05, 0.1) is 22.4 Å². The molecule has 0 bridgehead atoms. The Bertz CT molecular complexity index is 2250. The molecule has 0 fully saturated rings. The molecule has 0 amide bonds. The van der Waals surface area contributed by atoms with Crippen molar-refractivity contribution in [1.29, 1.82) is 0 Å². The van der Waals surface area contributed by atoms with Gasteiger partial charge in [0.1, 0.15) is 23.0 Å². The van der Waals surface area contributed by atoms with Crippen molar-refractivity contribution >= 4 is 21.8 Å². The first kappa shape index (κ1) is 28.2. The maximum absolute atomic E-state index is 6.42. The van der Waals surface area contributed by atoms with Gasteiger partial charge in [-0.1, -0.05) is 36.4 Å². The van der Waals surface area contributed by atoms with Crippen molar-refractivity contribution in [3.05, 3.63) is 151 Å². The van der Waals surface area contributed by atoms with Gasteiger partial charge in [0.15, 0.2) is 0 Å². The second-order valence-corrected chi connectivity index (χ2v) is 11.3. The standard InChI is InChI=1S/C40H29N5O2/c1-26-8-5-18-41-38(26)28-10-3-12-30(22-28)46-32-14-16-34-35-17-15-33(25-37(35)45(36(34)24-32)40-43-20-7-21-44-40)47-31-13-4-11-29(23-31)39-27(2)9-6-19-42-39/h3-25H,1-2H3. The van der Waals surface area contributed by atoms with Crippen LogP contribution >= 0.6 is 0 Å². The van der Waals surface area contributed by atoms with Gasteiger partial charge in [0.2, 0.25) is 5.95 Å². The zero-order chi connectivity index (χ0) is 31.7. The van der Waals surface area contributed by atoms with E-state index in [1.165, 1.54) is 0 Å². The number of benzene rings is 4. The number of pyridine rings is 2. The Labute approximate surface area is 271 Å². The molecule has 7 heteroatoms. The average Bonchev–Trinajstić information content (AvgIpc) is 3.42. The fourth-order valence-corrected chi connectivity index (χ4v) is 5.99. The third-order valence-corrected chi connectivity index (χ3v) is 8.17. The summed E-state index contributed by atoms with van der Waals surface area (Å²) in [7, 11) is 0. The van der Waals surface area contributed by atoms with Crippen LogP contribution in [0.3, 0.4) is 0 Å². The second-order valence-electron chi connectivity index (χ2n) is 11.3. The van der Waals surface area contributed by atoms with E-state index in [0.29, 0.717) is 17.4 Å². The first-order valence-electron chi connectivity index (χ1n) is 15.4. The molecule has 4 heterocycles. The van der Waals surface area contributed by atoms with Crippen LogP contribution in [0.15, 0.2) is 140 Å². The van der Waals surface area contributed by atoms with Gasteiger partial charge in [-0.05, 0) is 91.7 Å². The maximum atomic E-state index is 6.42. The fraction of sp³-hybridized carbons (Fsp3) is 0.0500. The number of hydrogen-bond donors (Lipinski definition) is 0. The quantitative estimate of drug-likeness (QED) is 0.179. The highest BCUT2D eigenvalue weighted by atomic mass is 16.5. The number of rotatable bonds is 7. The van der Waals surface area contributed by atoms with Gasteiger partial charge in [0, 0.05) is 58.8 Å². The normalized spacial score (nSPS) is 11.2. The lowest BCUT2D eigenvalue weighted by Crippen LogP contribution is -2.00. The number of aryl methyl sites for hydroxylation is 2. The lowest BCUT2D eigenvalue weighted by Gasteiger charge is -2.11. The molecule has 0 aliphatic carbocycles. The molecule has 0 spiro atoms. The number of ether oxygens (including phenoxy) is 2. The summed E-state index contributed by atoms with van der Waals surface area (Å²) in [4.78, 5) is 18.4. The molecule has 0 unspecified atom stereocenters. The van der Waals surface area contributed by atoms with Gasteiger partial charge >= 0.3 is 0 Å². The summed E-state index contributed by atoms with van der Waals surface area (Å²) < 4.78 is 14.9. The van der Waals surface area contributed by atoms with Gasteiger partial charge in [-0.25, -0.2) is 9.97 Å². The molecule has 0 radical (unpaired) electrons. The van der Waals surface area contributed by atoms with E-state index in [9.17, 15) is 0 Å². The smallest absolute Gasteiger partial charge is 0.234 e. The van der Waals surface area contributed by atoms with Crippen LogP contribution in [0.25, 0.3) is 50.3 Å². The fourth-order valence-electron chi connectivity index (χ4n) is 5.99. The first-order valence-corrected chi connectivity index (χ1v) is 15.4. The SMILES string of the molecule is Cc1cccnc1-c1cccc(Oc2ccc3c4ccc(Oc5cccc(-c6ncccc6C)c5)cc4n(-c4ncccn4)c3c2)c1. The molecular weight excluding hydrogens is 582 g/mol. The molecule has 47 heavy (non-hydrogen) atoms. The molecule has 0 saturated heterocycles. The van der Waals surface area contributed by atoms with Gasteiger partial charge in [0.25, 0.3) is 0 Å². The Morgan fingerprint density at radius 1 is 0.447 bits per heavy atom. The Kier molecular flexibility index (Phi) is 7.11. The Morgan fingerprint density at radius 2 is 0.915 bits per heavy atom. The van der Waals surface area contributed by atoms with E-state index in [1.54, 1.807) is 12.4 Å². The van der Waals surface area contributed by atoms with E-state index >= 15 is 0 Å². The summed E-state index contributed by atoms with van der Waals surface area (Å²) in [6, 6.07) is 38.0. The van der Waals surface area contributed by atoms with Crippen LogP contribution in [-0.4, -0.2) is 24.5 Å². The van der Waals surface area contributed by atoms with Crippen molar-refractivity contribution in [2.45, 2.75) is 13.8 Å². The molecule has 0 atom stereocenters. The highest BCUT2D eigenvalue weighted by molar-refractivity contribution is 6.09. The minimum Gasteiger partial charge on any atom is -0.457 e. The number of aromatic nitrogens is 5. The predicted molar refractivity (Wildman–Crippen MR) is 185 cm³/mol. The average molecular weight is 612 g/mol. The highest BCUT2D eigenvalue weighted by Crippen LogP contribution is 2.38. The maximum Gasteiger partial charge on any atom is 0.234 e. The van der Waals surface area contributed by atoms with Crippen LogP contribution in [0.4, 0.5) is 0 Å². The van der Waals surface area contributed by atoms with E-state index < -0.39 is 0 Å². The topological polar surface area (TPSA) is 75.0 Å². The monoisotopic (exact) mass is 611 g/mol. The summed E-state index contributed by atoms with van der Waals surface area (Å²) in [5.74, 6) is 3.41. The summed E-state index contributed by atoms with van der Waals surface area (Å²) in [6.07, 6.45) is 7.11. The van der Waals surface area contributed by atoms with E-state index in [1.807, 2.05) is 108 Å². The number of fused-ring (bicyclic) bond motifs is 3. The third-order valence-electron chi connectivity index (χ3n) is 8.17. The molecular formula is C40H29N5O2. The lowest BCUT2D eigenvalue weighted by molar-refractivity contribution is 0.483. The van der Waals surface area contributed by atoms with Crippen molar-refractivity contribution in [2.75, 3.05) is 0 Å². The summed E-state index contributed by atoms with van der Waals surface area (Å²) >= 11 is 0. The number of hydrogen-bond acceptors (Lipinski definition) is 6. The second kappa shape index (κ2) is 11.9. The van der Waals surface area contributed by atoms with Crippen LogP contribution in [-0.2, 0) is 0 Å². The molecule has 0 aliphatic rings. The minimum atomic E-state index is 0.557. The lowest BCUT2D eigenvalue weighted by atomic mass is 10.1. The van der Waals surface area contributed by atoms with E-state index in [2.05, 4.69) is 58.0 Å². The third kappa shape index (κ3) is 5.44. The van der Waals surface area contributed by atoms with E-state index in [0.717, 1.165) is 66.9 Å². The minimum absolute atomic E-state index is 0.557. The van der Waals surface area contributed by atoms with Crippen LogP contribution in [0.5, 0.6) is 23.0 Å². The molecule has 4 aromatic heterocycles. The molecule has 7 nitrogen and oxygen atoms in total. The zero-order valence-electron chi connectivity index (χ0n) is 25.8. The first-order chi connectivity index (χ1) is 23.1. The van der Waals surface area contributed by atoms with Crippen LogP contribution < -0.4 is 9.47 Å². The molecule has 8 rings (SSSR count). The van der Waals surface area contributed by atoms with Crippen molar-refractivity contribution in [3.8, 4) is 51.5 Å². The van der Waals surface area contributed by atoms with Crippen molar-refractivity contribution < 1.29 is 9.47 Å². The summed E-state index contributed by atoms with van der Waals surface area (Å²) in [6.45, 7) is 4.12. The zero-order valence-corrected chi connectivity index (χ0v) is 25.8. The van der Waals surface area contributed by atoms with Crippen molar-refractivity contribution in [2.24, 2.45) is 0 Å². The van der Waals surface area contributed by atoms with Gasteiger partial charge < -0.3 is 9.47 Å². The van der Waals surface area contributed by atoms with Crippen molar-refractivity contribution in [3.63, 3.8) is 0 Å². The molecule has 4 aromatic carbocycles. The molecule has 8 aromatic rings. The van der Waals surface area contributed by atoms with Crippen LogP contribution in [0, 0.1) is 13.8 Å². The van der Waals surface area contributed by atoms with E-state index in [-0.39, 0.29) is 0 Å². The van der Waals surface area contributed by atoms with Gasteiger partial charge in [-0.15, -0.1) is 0 Å². The number of nitrogens with zero attached hydrogens (tertiary/aromatic N) is 5. The Morgan fingerprint density at radius 3 is 1.40 bits per heavy atom. The molecule has 226 valence electrons. The largest absolute Gasteiger partial charge is 0.457 e. The highest BCUT2D eigenvalue weighted by Gasteiger charge is 2.17. The predicted octanol–water partition coefficient (Wildman–Crippen LogP) is 9.90. The van der Waals surface area contributed by atoms with Gasteiger partial charge in [-0.3, -0.25) is 14.5 Å². The molecule has 0 aliphatic heterocycles. The Balaban J connectivity index is 1.18. The van der Waals surface area contributed by atoms with Crippen LogP contribution in [0.2, 0.25) is 0 Å². The summed E-state index contributed by atoms with van der Waals surface area (Å²) in [5.41, 5.74) is 7.94.